The van der Waals surface area contributed by atoms with Gasteiger partial charge in [0, 0.05) is 19.0 Å². The number of amides is 1. The Morgan fingerprint density at radius 3 is 2.63 bits per heavy atom. The third-order valence-electron chi connectivity index (χ3n) is 3.58. The van der Waals surface area contributed by atoms with Crippen molar-refractivity contribution in [2.75, 3.05) is 13.1 Å². The van der Waals surface area contributed by atoms with Gasteiger partial charge in [-0.2, -0.15) is 13.2 Å². The molecule has 1 saturated heterocycles. The Hall–Kier alpha value is -1.60. The molecule has 0 N–H and O–H groups in total. The van der Waals surface area contributed by atoms with Crippen LogP contribution in [0.25, 0.3) is 0 Å². The summed E-state index contributed by atoms with van der Waals surface area (Å²) in [4.78, 5) is 13.6. The van der Waals surface area contributed by atoms with E-state index in [0.29, 0.717) is 19.5 Å². The second-order valence-corrected chi connectivity index (χ2v) is 5.08. The Morgan fingerprint density at radius 1 is 1.32 bits per heavy atom. The first-order chi connectivity index (χ1) is 8.95. The Labute approximate surface area is 107 Å². The molecule has 8 heteroatoms. The number of nitrogens with zero attached hydrogens (tertiary/aromatic N) is 4. The zero-order valence-corrected chi connectivity index (χ0v) is 10.1. The fourth-order valence-corrected chi connectivity index (χ4v) is 2.33. The molecule has 0 bridgehead atoms. The molecule has 2 heterocycles. The van der Waals surface area contributed by atoms with Gasteiger partial charge in [-0.25, -0.2) is 4.68 Å². The summed E-state index contributed by atoms with van der Waals surface area (Å²) in [5, 5.41) is 6.66. The largest absolute Gasteiger partial charge is 0.436 e. The molecule has 0 radical (unpaired) electrons. The summed E-state index contributed by atoms with van der Waals surface area (Å²) in [6, 6.07) is -0.203. The third-order valence-corrected chi connectivity index (χ3v) is 3.58. The molecule has 1 aromatic heterocycles. The minimum absolute atomic E-state index is 0.124. The zero-order chi connectivity index (χ0) is 13.6. The van der Waals surface area contributed by atoms with Gasteiger partial charge in [0.1, 0.15) is 0 Å². The summed E-state index contributed by atoms with van der Waals surface area (Å²) in [6.07, 6.45) is -1.07. The summed E-state index contributed by atoms with van der Waals surface area (Å²) in [6.45, 7) is 1.01. The Balaban J connectivity index is 1.67. The van der Waals surface area contributed by atoms with Crippen LogP contribution in [0.2, 0.25) is 0 Å². The summed E-state index contributed by atoms with van der Waals surface area (Å²) < 4.78 is 38.5. The van der Waals surface area contributed by atoms with Crippen LogP contribution in [0.15, 0.2) is 6.20 Å². The van der Waals surface area contributed by atoms with E-state index in [-0.39, 0.29) is 17.9 Å². The van der Waals surface area contributed by atoms with E-state index in [4.69, 9.17) is 0 Å². The number of carbonyl (C=O) groups excluding carboxylic acids is 1. The van der Waals surface area contributed by atoms with Gasteiger partial charge < -0.3 is 4.90 Å². The molecule has 1 unspecified atom stereocenters. The van der Waals surface area contributed by atoms with Crippen molar-refractivity contribution in [2.24, 2.45) is 5.92 Å². The van der Waals surface area contributed by atoms with E-state index < -0.39 is 11.9 Å². The van der Waals surface area contributed by atoms with Crippen LogP contribution >= 0.6 is 0 Å². The second kappa shape index (κ2) is 4.21. The maximum Gasteiger partial charge on any atom is 0.436 e. The topological polar surface area (TPSA) is 51.0 Å². The third kappa shape index (κ3) is 2.43. The maximum atomic E-state index is 12.4. The van der Waals surface area contributed by atoms with E-state index in [1.54, 1.807) is 4.90 Å². The highest BCUT2D eigenvalue weighted by Crippen LogP contribution is 2.34. The van der Waals surface area contributed by atoms with Crippen molar-refractivity contribution in [1.82, 2.24) is 19.9 Å². The van der Waals surface area contributed by atoms with Crippen molar-refractivity contribution < 1.29 is 18.0 Å². The highest BCUT2D eigenvalue weighted by molar-refractivity contribution is 5.81. The van der Waals surface area contributed by atoms with E-state index in [2.05, 4.69) is 10.3 Å². The van der Waals surface area contributed by atoms with Gasteiger partial charge in [0.2, 0.25) is 5.91 Å². The molecule has 104 valence electrons. The summed E-state index contributed by atoms with van der Waals surface area (Å²) in [5.41, 5.74) is -0.987. The van der Waals surface area contributed by atoms with E-state index in [9.17, 15) is 18.0 Å². The lowest BCUT2D eigenvalue weighted by Crippen LogP contribution is -2.30. The average Bonchev–Trinajstić information content (AvgIpc) is 2.89. The lowest BCUT2D eigenvalue weighted by molar-refractivity contribution is -0.141. The van der Waals surface area contributed by atoms with E-state index in [1.807, 2.05) is 0 Å². The SMILES string of the molecule is O=C(C1CC1)N1CCC(n2cc(C(F)(F)F)nn2)C1. The Kier molecular flexibility index (Phi) is 2.75. The maximum absolute atomic E-state index is 12.4. The first kappa shape index (κ1) is 12.4. The average molecular weight is 274 g/mol. The van der Waals surface area contributed by atoms with Crippen LogP contribution in [0.5, 0.6) is 0 Å². The molecule has 1 aliphatic heterocycles. The first-order valence-electron chi connectivity index (χ1n) is 6.23. The number of carbonyl (C=O) groups is 1. The molecule has 0 spiro atoms. The summed E-state index contributed by atoms with van der Waals surface area (Å²) >= 11 is 0. The molecule has 19 heavy (non-hydrogen) atoms. The van der Waals surface area contributed by atoms with Gasteiger partial charge in [-0.15, -0.1) is 5.10 Å². The molecule has 5 nitrogen and oxygen atoms in total. The molecule has 1 aromatic rings. The number of rotatable bonds is 2. The van der Waals surface area contributed by atoms with Crippen molar-refractivity contribution in [2.45, 2.75) is 31.5 Å². The summed E-state index contributed by atoms with van der Waals surface area (Å²) in [5.74, 6) is 0.263. The molecule has 2 aliphatic rings. The van der Waals surface area contributed by atoms with Gasteiger partial charge in [-0.3, -0.25) is 4.79 Å². The van der Waals surface area contributed by atoms with Crippen molar-refractivity contribution in [3.8, 4) is 0 Å². The standard InChI is InChI=1S/C11H13F3N4O/c12-11(13,14)9-6-18(16-15-9)8-3-4-17(5-8)10(19)7-1-2-7/h6-8H,1-5H2. The molecule has 0 aromatic carbocycles. The van der Waals surface area contributed by atoms with Crippen LogP contribution in [0.4, 0.5) is 13.2 Å². The number of likely N-dealkylation sites (tertiary alicyclic amines) is 1. The highest BCUT2D eigenvalue weighted by Gasteiger charge is 2.39. The van der Waals surface area contributed by atoms with Gasteiger partial charge in [-0.1, -0.05) is 5.21 Å². The van der Waals surface area contributed by atoms with Crippen LogP contribution in [0, 0.1) is 5.92 Å². The predicted molar refractivity (Wildman–Crippen MR) is 58.0 cm³/mol. The van der Waals surface area contributed by atoms with Crippen molar-refractivity contribution in [1.29, 1.82) is 0 Å². The highest BCUT2D eigenvalue weighted by atomic mass is 19.4. The van der Waals surface area contributed by atoms with Crippen molar-refractivity contribution in [3.63, 3.8) is 0 Å². The monoisotopic (exact) mass is 274 g/mol. The molecule has 1 saturated carbocycles. The molecule has 2 fully saturated rings. The number of hydrogen-bond acceptors (Lipinski definition) is 3. The lowest BCUT2D eigenvalue weighted by Gasteiger charge is -2.15. The molecular formula is C11H13F3N4O. The van der Waals surface area contributed by atoms with E-state index in [1.165, 1.54) is 4.68 Å². The zero-order valence-electron chi connectivity index (χ0n) is 10.1. The molecule has 1 aliphatic carbocycles. The Morgan fingerprint density at radius 2 is 2.05 bits per heavy atom. The normalized spacial score (nSPS) is 23.9. The van der Waals surface area contributed by atoms with E-state index >= 15 is 0 Å². The molecule has 1 atom stereocenters. The first-order valence-corrected chi connectivity index (χ1v) is 6.23. The number of alkyl halides is 3. The van der Waals surface area contributed by atoms with Gasteiger partial charge in [0.25, 0.3) is 0 Å². The second-order valence-electron chi connectivity index (χ2n) is 5.08. The van der Waals surface area contributed by atoms with Crippen LogP contribution in [-0.2, 0) is 11.0 Å². The van der Waals surface area contributed by atoms with Gasteiger partial charge in [-0.05, 0) is 19.3 Å². The van der Waals surface area contributed by atoms with Gasteiger partial charge in [0.05, 0.1) is 12.2 Å². The van der Waals surface area contributed by atoms with Crippen LogP contribution in [-0.4, -0.2) is 38.9 Å². The smallest absolute Gasteiger partial charge is 0.340 e. The number of aromatic nitrogens is 3. The van der Waals surface area contributed by atoms with Gasteiger partial charge in [0.15, 0.2) is 5.69 Å². The van der Waals surface area contributed by atoms with Gasteiger partial charge >= 0.3 is 6.18 Å². The minimum atomic E-state index is -4.47. The minimum Gasteiger partial charge on any atom is -0.340 e. The quantitative estimate of drug-likeness (QED) is 0.820. The van der Waals surface area contributed by atoms with E-state index in [0.717, 1.165) is 19.0 Å². The van der Waals surface area contributed by atoms with Crippen molar-refractivity contribution in [3.05, 3.63) is 11.9 Å². The fraction of sp³-hybridized carbons (Fsp3) is 0.727. The molecular weight excluding hydrogens is 261 g/mol. The molecule has 3 rings (SSSR count). The van der Waals surface area contributed by atoms with Crippen LogP contribution in [0.1, 0.15) is 31.0 Å². The summed E-state index contributed by atoms with van der Waals surface area (Å²) in [7, 11) is 0. The van der Waals surface area contributed by atoms with Crippen LogP contribution < -0.4 is 0 Å². The fourth-order valence-electron chi connectivity index (χ4n) is 2.33. The van der Waals surface area contributed by atoms with Crippen LogP contribution in [0.3, 0.4) is 0 Å². The molecule has 1 amide bonds. The predicted octanol–water partition coefficient (Wildman–Crippen LogP) is 1.48. The lowest BCUT2D eigenvalue weighted by atomic mass is 10.3. The number of halogens is 3. The number of hydrogen-bond donors (Lipinski definition) is 0. The van der Waals surface area contributed by atoms with Crippen molar-refractivity contribution >= 4 is 5.91 Å². The Bertz CT molecular complexity index is 494.